The van der Waals surface area contributed by atoms with Gasteiger partial charge in [-0.1, -0.05) is 13.8 Å². The molecule has 28 heavy (non-hydrogen) atoms. The lowest BCUT2D eigenvalue weighted by Crippen LogP contribution is -2.48. The maximum atomic E-state index is 4.77. The number of aliphatic imine (C=N–C) groups is 1. The van der Waals surface area contributed by atoms with Crippen molar-refractivity contribution in [1.82, 2.24) is 15.6 Å². The molecule has 0 aliphatic carbocycles. The first kappa shape index (κ1) is 23.4. The lowest BCUT2D eigenvalue weighted by Gasteiger charge is -2.33. The van der Waals surface area contributed by atoms with Crippen molar-refractivity contribution in [3.63, 3.8) is 0 Å². The van der Waals surface area contributed by atoms with E-state index in [0.29, 0.717) is 12.0 Å². The highest BCUT2D eigenvalue weighted by molar-refractivity contribution is 14.0. The topological polar surface area (TPSA) is 52.6 Å². The number of aromatic nitrogens is 1. The summed E-state index contributed by atoms with van der Waals surface area (Å²) in [4.78, 5) is 12.0. The number of halogens is 1. The van der Waals surface area contributed by atoms with E-state index in [2.05, 4.69) is 59.2 Å². The second-order valence-electron chi connectivity index (χ2n) is 7.20. The molecule has 0 bridgehead atoms. The smallest absolute Gasteiger partial charge is 0.191 e. The second kappa shape index (κ2) is 12.0. The van der Waals surface area contributed by atoms with Gasteiger partial charge in [0, 0.05) is 49.9 Å². The van der Waals surface area contributed by atoms with Crippen molar-refractivity contribution in [1.29, 1.82) is 0 Å². The molecule has 8 heteroatoms. The van der Waals surface area contributed by atoms with Crippen LogP contribution in [0.25, 0.3) is 0 Å². The molecule has 0 unspecified atom stereocenters. The first-order valence-electron chi connectivity index (χ1n) is 9.93. The molecule has 0 amide bonds. The molecule has 0 radical (unpaired) electrons. The van der Waals surface area contributed by atoms with E-state index in [1.54, 1.807) is 11.3 Å². The van der Waals surface area contributed by atoms with Crippen molar-refractivity contribution in [3.8, 4) is 0 Å². The fourth-order valence-electron chi connectivity index (χ4n) is 3.19. The van der Waals surface area contributed by atoms with E-state index >= 15 is 0 Å². The highest BCUT2D eigenvalue weighted by Crippen LogP contribution is 2.24. The highest BCUT2D eigenvalue weighted by atomic mass is 127. The van der Waals surface area contributed by atoms with Crippen molar-refractivity contribution in [2.24, 2.45) is 4.99 Å². The summed E-state index contributed by atoms with van der Waals surface area (Å²) in [5.74, 6) is 1.44. The number of anilines is 1. The molecule has 1 saturated heterocycles. The summed E-state index contributed by atoms with van der Waals surface area (Å²) in [6, 6.07) is 4.84. The molecule has 0 atom stereocenters. The Bertz CT molecular complexity index is 706. The van der Waals surface area contributed by atoms with Crippen LogP contribution in [0.5, 0.6) is 0 Å². The Morgan fingerprint density at radius 3 is 2.71 bits per heavy atom. The van der Waals surface area contributed by atoms with E-state index in [9.17, 15) is 0 Å². The molecule has 156 valence electrons. The molecule has 1 fully saturated rings. The van der Waals surface area contributed by atoms with Gasteiger partial charge in [0.1, 0.15) is 0 Å². The minimum Gasteiger partial charge on any atom is -0.363 e. The summed E-state index contributed by atoms with van der Waals surface area (Å²) in [5, 5.41) is 14.0. The largest absolute Gasteiger partial charge is 0.363 e. The molecular weight excluding hydrogens is 501 g/mol. The van der Waals surface area contributed by atoms with Crippen LogP contribution in [-0.4, -0.2) is 43.2 Å². The third kappa shape index (κ3) is 6.88. The first-order chi connectivity index (χ1) is 13.2. The summed E-state index contributed by atoms with van der Waals surface area (Å²) < 4.78 is 0. The number of thiophene rings is 1. The van der Waals surface area contributed by atoms with Crippen LogP contribution < -0.4 is 15.5 Å². The third-order valence-corrected chi connectivity index (χ3v) is 6.82. The molecule has 2 aromatic heterocycles. The van der Waals surface area contributed by atoms with E-state index < -0.39 is 0 Å². The zero-order chi connectivity index (χ0) is 19.1. The Hall–Kier alpha value is -0.870. The van der Waals surface area contributed by atoms with Crippen molar-refractivity contribution in [3.05, 3.63) is 33.6 Å². The zero-order valence-electron chi connectivity index (χ0n) is 17.0. The van der Waals surface area contributed by atoms with Crippen LogP contribution in [0.3, 0.4) is 0 Å². The predicted molar refractivity (Wildman–Crippen MR) is 134 cm³/mol. The average molecular weight is 534 g/mol. The molecule has 0 saturated carbocycles. The molecule has 5 nitrogen and oxygen atoms in total. The molecule has 2 N–H and O–H groups in total. The van der Waals surface area contributed by atoms with Crippen LogP contribution >= 0.6 is 46.7 Å². The SMILES string of the molecule is CCNC(=NCCc1csc(C(C)C)n1)NC1CCN(c2cccs2)CC1.I. The number of thiazole rings is 1. The fourth-order valence-corrected chi connectivity index (χ4v) is 4.85. The van der Waals surface area contributed by atoms with Gasteiger partial charge in [0.2, 0.25) is 0 Å². The van der Waals surface area contributed by atoms with Crippen molar-refractivity contribution >= 4 is 57.6 Å². The maximum Gasteiger partial charge on any atom is 0.191 e. The van der Waals surface area contributed by atoms with Gasteiger partial charge in [0.05, 0.1) is 15.7 Å². The number of guanidine groups is 1. The van der Waals surface area contributed by atoms with E-state index in [0.717, 1.165) is 57.1 Å². The Kier molecular flexibility index (Phi) is 10.0. The van der Waals surface area contributed by atoms with Crippen LogP contribution in [0.4, 0.5) is 5.00 Å². The number of nitrogens with zero attached hydrogens (tertiary/aromatic N) is 3. The van der Waals surface area contributed by atoms with E-state index in [1.807, 2.05) is 11.3 Å². The molecule has 0 aromatic carbocycles. The molecule has 2 aromatic rings. The Morgan fingerprint density at radius 1 is 1.32 bits per heavy atom. The van der Waals surface area contributed by atoms with E-state index in [4.69, 9.17) is 9.98 Å². The van der Waals surface area contributed by atoms with Gasteiger partial charge in [-0.05, 0) is 37.3 Å². The van der Waals surface area contributed by atoms with E-state index in [1.165, 1.54) is 10.0 Å². The number of rotatable bonds is 7. The molecular formula is C20H32IN5S2. The predicted octanol–water partition coefficient (Wildman–Crippen LogP) is 4.71. The Morgan fingerprint density at radius 2 is 2.11 bits per heavy atom. The van der Waals surface area contributed by atoms with E-state index in [-0.39, 0.29) is 24.0 Å². The number of hydrogen-bond donors (Lipinski definition) is 2. The normalized spacial score (nSPS) is 15.6. The minimum absolute atomic E-state index is 0. The molecule has 1 aliphatic rings. The average Bonchev–Trinajstić information content (AvgIpc) is 3.35. The highest BCUT2D eigenvalue weighted by Gasteiger charge is 2.20. The number of hydrogen-bond acceptors (Lipinski definition) is 5. The van der Waals surface area contributed by atoms with Crippen LogP contribution in [0.15, 0.2) is 27.9 Å². The molecule has 1 aliphatic heterocycles. The Labute approximate surface area is 194 Å². The lowest BCUT2D eigenvalue weighted by molar-refractivity contribution is 0.463. The minimum atomic E-state index is 0. The fraction of sp³-hybridized carbons (Fsp3) is 0.600. The Balaban J connectivity index is 0.00000280. The monoisotopic (exact) mass is 533 g/mol. The quantitative estimate of drug-likeness (QED) is 0.308. The second-order valence-corrected chi connectivity index (χ2v) is 9.02. The van der Waals surface area contributed by atoms with Gasteiger partial charge in [-0.15, -0.1) is 46.7 Å². The standard InChI is InChI=1S/C20H31N5S2.HI/c1-4-21-20(22-10-7-17-14-27-19(23-17)15(2)3)24-16-8-11-25(12-9-16)18-6-5-13-26-18;/h5-6,13-16H,4,7-12H2,1-3H3,(H2,21,22,24);1H. The van der Waals surface area contributed by atoms with Crippen molar-refractivity contribution < 1.29 is 0 Å². The molecule has 0 spiro atoms. The van der Waals surface area contributed by atoms with Gasteiger partial charge in [0.25, 0.3) is 0 Å². The van der Waals surface area contributed by atoms with Crippen LogP contribution in [0.1, 0.15) is 50.2 Å². The van der Waals surface area contributed by atoms with Gasteiger partial charge < -0.3 is 15.5 Å². The van der Waals surface area contributed by atoms with Gasteiger partial charge in [-0.2, -0.15) is 0 Å². The first-order valence-corrected chi connectivity index (χ1v) is 11.7. The number of nitrogens with one attached hydrogen (secondary N) is 2. The summed E-state index contributed by atoms with van der Waals surface area (Å²) in [6.45, 7) is 10.4. The summed E-state index contributed by atoms with van der Waals surface area (Å²) in [7, 11) is 0. The zero-order valence-corrected chi connectivity index (χ0v) is 20.9. The molecule has 3 rings (SSSR count). The van der Waals surface area contributed by atoms with Gasteiger partial charge in [-0.25, -0.2) is 4.98 Å². The van der Waals surface area contributed by atoms with Crippen LogP contribution in [-0.2, 0) is 6.42 Å². The van der Waals surface area contributed by atoms with Crippen LogP contribution in [0.2, 0.25) is 0 Å². The summed E-state index contributed by atoms with van der Waals surface area (Å²) in [5.41, 5.74) is 1.16. The number of piperidine rings is 1. The van der Waals surface area contributed by atoms with Crippen molar-refractivity contribution in [2.75, 3.05) is 31.1 Å². The van der Waals surface area contributed by atoms with Crippen LogP contribution in [0, 0.1) is 0 Å². The summed E-state index contributed by atoms with van der Waals surface area (Å²) in [6.07, 6.45) is 3.19. The molecule has 3 heterocycles. The third-order valence-electron chi connectivity index (χ3n) is 4.70. The van der Waals surface area contributed by atoms with Gasteiger partial charge >= 0.3 is 0 Å². The maximum absolute atomic E-state index is 4.77. The lowest BCUT2D eigenvalue weighted by atomic mass is 10.1. The van der Waals surface area contributed by atoms with Crippen molar-refractivity contribution in [2.45, 2.75) is 52.0 Å². The van der Waals surface area contributed by atoms with Gasteiger partial charge in [0.15, 0.2) is 5.96 Å². The van der Waals surface area contributed by atoms with Gasteiger partial charge in [-0.3, -0.25) is 4.99 Å². The summed E-state index contributed by atoms with van der Waals surface area (Å²) >= 11 is 3.59.